The van der Waals surface area contributed by atoms with Crippen LogP contribution >= 0.6 is 11.6 Å². The predicted molar refractivity (Wildman–Crippen MR) is 73.2 cm³/mol. The van der Waals surface area contributed by atoms with Gasteiger partial charge >= 0.3 is 0 Å². The van der Waals surface area contributed by atoms with Crippen LogP contribution in [-0.4, -0.2) is 24.9 Å². The minimum Gasteiger partial charge on any atom is -0.496 e. The van der Waals surface area contributed by atoms with Crippen molar-refractivity contribution < 1.29 is 14.6 Å². The highest BCUT2D eigenvalue weighted by molar-refractivity contribution is 6.30. The van der Waals surface area contributed by atoms with Crippen LogP contribution in [0.3, 0.4) is 0 Å². The molecule has 0 radical (unpaired) electrons. The molecule has 0 fully saturated rings. The van der Waals surface area contributed by atoms with E-state index in [1.54, 1.807) is 25.3 Å². The molecule has 1 aromatic carbocycles. The van der Waals surface area contributed by atoms with Gasteiger partial charge in [-0.15, -0.1) is 0 Å². The summed E-state index contributed by atoms with van der Waals surface area (Å²) >= 11 is 5.97. The minimum atomic E-state index is -0.751. The van der Waals surface area contributed by atoms with Gasteiger partial charge in [0.1, 0.15) is 11.9 Å². The predicted octanol–water partition coefficient (Wildman–Crippen LogP) is 3.44. The van der Waals surface area contributed by atoms with Crippen LogP contribution in [0.1, 0.15) is 32.4 Å². The summed E-state index contributed by atoms with van der Waals surface area (Å²) in [6.07, 6.45) is -1.03. The van der Waals surface area contributed by atoms with Crippen molar-refractivity contribution in [1.29, 1.82) is 0 Å². The Hall–Kier alpha value is -0.770. The fourth-order valence-electron chi connectivity index (χ4n) is 1.95. The molecule has 2 unspecified atom stereocenters. The van der Waals surface area contributed by atoms with E-state index in [4.69, 9.17) is 21.1 Å². The van der Waals surface area contributed by atoms with E-state index in [1.807, 2.05) is 20.8 Å². The van der Waals surface area contributed by atoms with Crippen LogP contribution in [0.5, 0.6) is 5.75 Å². The molecule has 0 saturated heterocycles. The molecule has 0 aromatic heterocycles. The molecule has 0 aliphatic heterocycles. The standard InChI is InChI=1S/C14H21ClO3/c1-5-18-14(9(2)3)13(16)11-8-10(15)6-7-12(11)17-4/h6-9,13-14,16H,5H2,1-4H3. The number of halogens is 1. The lowest BCUT2D eigenvalue weighted by Crippen LogP contribution is -2.28. The highest BCUT2D eigenvalue weighted by Crippen LogP contribution is 2.33. The van der Waals surface area contributed by atoms with E-state index in [9.17, 15) is 5.11 Å². The lowest BCUT2D eigenvalue weighted by molar-refractivity contribution is -0.0592. The quantitative estimate of drug-likeness (QED) is 0.862. The maximum Gasteiger partial charge on any atom is 0.124 e. The first-order chi connectivity index (χ1) is 8.51. The van der Waals surface area contributed by atoms with Crippen LogP contribution in [0.4, 0.5) is 0 Å². The Kier molecular flexibility index (Phi) is 5.93. The first-order valence-electron chi connectivity index (χ1n) is 6.14. The van der Waals surface area contributed by atoms with E-state index in [1.165, 1.54) is 0 Å². The zero-order valence-corrected chi connectivity index (χ0v) is 12.1. The van der Waals surface area contributed by atoms with Gasteiger partial charge in [0.25, 0.3) is 0 Å². The molecule has 3 nitrogen and oxygen atoms in total. The molecule has 0 saturated carbocycles. The van der Waals surface area contributed by atoms with Gasteiger partial charge in [0.05, 0.1) is 13.2 Å². The first-order valence-corrected chi connectivity index (χ1v) is 6.52. The van der Waals surface area contributed by atoms with Crippen LogP contribution in [0.15, 0.2) is 18.2 Å². The Bertz CT molecular complexity index is 379. The molecule has 18 heavy (non-hydrogen) atoms. The Labute approximate surface area is 114 Å². The minimum absolute atomic E-state index is 0.198. The zero-order chi connectivity index (χ0) is 13.7. The molecule has 0 spiro atoms. The maximum absolute atomic E-state index is 10.5. The first kappa shape index (κ1) is 15.3. The summed E-state index contributed by atoms with van der Waals surface area (Å²) in [5.74, 6) is 0.820. The molecule has 2 atom stereocenters. The number of hydrogen-bond acceptors (Lipinski definition) is 3. The fraction of sp³-hybridized carbons (Fsp3) is 0.571. The molecule has 0 heterocycles. The van der Waals surface area contributed by atoms with E-state index in [0.29, 0.717) is 22.9 Å². The number of hydrogen-bond donors (Lipinski definition) is 1. The van der Waals surface area contributed by atoms with Crippen LogP contribution in [0.2, 0.25) is 5.02 Å². The number of aliphatic hydroxyl groups excluding tert-OH is 1. The Morgan fingerprint density at radius 3 is 2.50 bits per heavy atom. The monoisotopic (exact) mass is 272 g/mol. The van der Waals surface area contributed by atoms with Gasteiger partial charge in [-0.3, -0.25) is 0 Å². The normalized spacial score (nSPS) is 14.6. The fourth-order valence-corrected chi connectivity index (χ4v) is 2.13. The molecule has 4 heteroatoms. The summed E-state index contributed by atoms with van der Waals surface area (Å²) in [6, 6.07) is 5.21. The summed E-state index contributed by atoms with van der Waals surface area (Å²) in [7, 11) is 1.57. The third-order valence-corrected chi connectivity index (χ3v) is 3.07. The van der Waals surface area contributed by atoms with Gasteiger partial charge in [-0.05, 0) is 31.0 Å². The Balaban J connectivity index is 3.06. The Morgan fingerprint density at radius 2 is 2.00 bits per heavy atom. The van der Waals surface area contributed by atoms with Crippen molar-refractivity contribution in [2.45, 2.75) is 33.0 Å². The molecule has 0 aliphatic rings. The second kappa shape index (κ2) is 6.98. The molecule has 0 amide bonds. The van der Waals surface area contributed by atoms with Gasteiger partial charge < -0.3 is 14.6 Å². The number of aliphatic hydroxyl groups is 1. The highest BCUT2D eigenvalue weighted by atomic mass is 35.5. The number of methoxy groups -OCH3 is 1. The van der Waals surface area contributed by atoms with Crippen molar-refractivity contribution in [1.82, 2.24) is 0 Å². The van der Waals surface area contributed by atoms with Crippen molar-refractivity contribution in [3.05, 3.63) is 28.8 Å². The van der Waals surface area contributed by atoms with Gasteiger partial charge in [-0.1, -0.05) is 25.4 Å². The molecule has 0 bridgehead atoms. The lowest BCUT2D eigenvalue weighted by atomic mass is 9.95. The molecule has 102 valence electrons. The van der Waals surface area contributed by atoms with E-state index >= 15 is 0 Å². The zero-order valence-electron chi connectivity index (χ0n) is 11.3. The molecule has 1 N–H and O–H groups in total. The third kappa shape index (κ3) is 3.61. The van der Waals surface area contributed by atoms with Crippen LogP contribution in [0, 0.1) is 5.92 Å². The average Bonchev–Trinajstić information content (AvgIpc) is 2.34. The van der Waals surface area contributed by atoms with Gasteiger partial charge in [-0.2, -0.15) is 0 Å². The van der Waals surface area contributed by atoms with Gasteiger partial charge in [0.15, 0.2) is 0 Å². The second-order valence-electron chi connectivity index (χ2n) is 4.50. The summed E-state index contributed by atoms with van der Waals surface area (Å²) in [6.45, 7) is 6.50. The topological polar surface area (TPSA) is 38.7 Å². The summed E-state index contributed by atoms with van der Waals surface area (Å²) in [5, 5.41) is 11.0. The van der Waals surface area contributed by atoms with Crippen molar-refractivity contribution >= 4 is 11.6 Å². The average molecular weight is 273 g/mol. The van der Waals surface area contributed by atoms with E-state index < -0.39 is 6.10 Å². The van der Waals surface area contributed by atoms with Gasteiger partial charge in [0.2, 0.25) is 0 Å². The van der Waals surface area contributed by atoms with Crippen LogP contribution in [-0.2, 0) is 4.74 Å². The van der Waals surface area contributed by atoms with E-state index in [-0.39, 0.29) is 12.0 Å². The van der Waals surface area contributed by atoms with Crippen molar-refractivity contribution in [2.24, 2.45) is 5.92 Å². The summed E-state index contributed by atoms with van der Waals surface area (Å²) in [5.41, 5.74) is 0.664. The van der Waals surface area contributed by atoms with Crippen molar-refractivity contribution in [3.63, 3.8) is 0 Å². The molecule has 1 aromatic rings. The lowest BCUT2D eigenvalue weighted by Gasteiger charge is -2.27. The molecular formula is C14H21ClO3. The second-order valence-corrected chi connectivity index (χ2v) is 4.93. The molecule has 0 aliphatic carbocycles. The van der Waals surface area contributed by atoms with E-state index in [2.05, 4.69) is 0 Å². The van der Waals surface area contributed by atoms with Gasteiger partial charge in [-0.25, -0.2) is 0 Å². The van der Waals surface area contributed by atoms with Crippen LogP contribution in [0.25, 0.3) is 0 Å². The third-order valence-electron chi connectivity index (χ3n) is 2.84. The smallest absolute Gasteiger partial charge is 0.124 e. The molecule has 1 rings (SSSR count). The summed E-state index contributed by atoms with van der Waals surface area (Å²) < 4.78 is 10.9. The Morgan fingerprint density at radius 1 is 1.33 bits per heavy atom. The number of benzene rings is 1. The number of ether oxygens (including phenoxy) is 2. The summed E-state index contributed by atoms with van der Waals surface area (Å²) in [4.78, 5) is 0. The van der Waals surface area contributed by atoms with E-state index in [0.717, 1.165) is 0 Å². The SMILES string of the molecule is CCOC(C(C)C)C(O)c1cc(Cl)ccc1OC. The van der Waals surface area contributed by atoms with Crippen molar-refractivity contribution in [2.75, 3.05) is 13.7 Å². The highest BCUT2D eigenvalue weighted by Gasteiger charge is 2.27. The largest absolute Gasteiger partial charge is 0.496 e. The molecular weight excluding hydrogens is 252 g/mol. The number of rotatable bonds is 6. The van der Waals surface area contributed by atoms with Crippen molar-refractivity contribution in [3.8, 4) is 5.75 Å². The van der Waals surface area contributed by atoms with Gasteiger partial charge in [0, 0.05) is 17.2 Å². The maximum atomic E-state index is 10.5. The van der Waals surface area contributed by atoms with Crippen LogP contribution < -0.4 is 4.74 Å².